The maximum absolute atomic E-state index is 6.41. The number of fused-ring (bicyclic) bond motifs is 2. The zero-order chi connectivity index (χ0) is 19.8. The molecule has 0 bridgehead atoms. The molecule has 0 aliphatic heterocycles. The lowest BCUT2D eigenvalue weighted by atomic mass is 10.0. The Balaban J connectivity index is 1.63. The average Bonchev–Trinajstić information content (AvgIpc) is 3.22. The minimum atomic E-state index is 0.512. The summed E-state index contributed by atoms with van der Waals surface area (Å²) in [6, 6.07) is 11.8. The molecule has 29 heavy (non-hydrogen) atoms. The number of halogens is 1. The van der Waals surface area contributed by atoms with Gasteiger partial charge in [-0.2, -0.15) is 0 Å². The molecule has 1 aromatic carbocycles. The predicted octanol–water partition coefficient (Wildman–Crippen LogP) is 4.54. The fourth-order valence-corrected chi connectivity index (χ4v) is 3.61. The molecule has 8 heteroatoms. The summed E-state index contributed by atoms with van der Waals surface area (Å²) in [7, 11) is 0. The van der Waals surface area contributed by atoms with Gasteiger partial charge in [0, 0.05) is 29.4 Å². The van der Waals surface area contributed by atoms with Crippen molar-refractivity contribution in [1.82, 2.24) is 29.9 Å². The summed E-state index contributed by atoms with van der Waals surface area (Å²) in [6.45, 7) is 2.49. The number of nitrogens with one attached hydrogen (secondary N) is 2. The maximum atomic E-state index is 6.41. The van der Waals surface area contributed by atoms with Crippen molar-refractivity contribution in [2.24, 2.45) is 0 Å². The molecule has 0 saturated heterocycles. The molecule has 2 N–H and O–H groups in total. The summed E-state index contributed by atoms with van der Waals surface area (Å²) < 4.78 is 0. The van der Waals surface area contributed by atoms with Crippen molar-refractivity contribution in [3.63, 3.8) is 0 Å². The lowest BCUT2D eigenvalue weighted by Crippen LogP contribution is -2.06. The molecule has 142 valence electrons. The molecular formula is C21H16ClN7. The summed E-state index contributed by atoms with van der Waals surface area (Å²) in [4.78, 5) is 25.1. The summed E-state index contributed by atoms with van der Waals surface area (Å²) in [5.41, 5.74) is 5.89. The highest BCUT2D eigenvalue weighted by Crippen LogP contribution is 2.31. The Labute approximate surface area is 171 Å². The summed E-state index contributed by atoms with van der Waals surface area (Å²) in [5.74, 6) is 0.663. The summed E-state index contributed by atoms with van der Waals surface area (Å²) in [6.07, 6.45) is 4.89. The van der Waals surface area contributed by atoms with Crippen LogP contribution in [0, 0.1) is 6.92 Å². The predicted molar refractivity (Wildman–Crippen MR) is 114 cm³/mol. The molecule has 5 rings (SSSR count). The second kappa shape index (κ2) is 7.10. The highest BCUT2D eigenvalue weighted by molar-refractivity contribution is 6.35. The standard InChI is InChI=1S/C21H16ClN7/c1-12-15(5-3-7-23-12)17-14(8-13-4-2-6-16(22)18(13)29-17)9-24-20-19-21(26-10-25-19)28-11-27-20/h2-8,10-11H,9H2,1H3,(H2,24,25,26,27,28). The number of nitrogens with zero attached hydrogens (tertiary/aromatic N) is 5. The first-order chi connectivity index (χ1) is 14.2. The van der Waals surface area contributed by atoms with Gasteiger partial charge in [0.2, 0.25) is 0 Å². The zero-order valence-corrected chi connectivity index (χ0v) is 16.3. The number of hydrogen-bond acceptors (Lipinski definition) is 6. The normalized spacial score (nSPS) is 11.2. The van der Waals surface area contributed by atoms with Crippen LogP contribution < -0.4 is 5.32 Å². The van der Waals surface area contributed by atoms with Crippen LogP contribution in [0.4, 0.5) is 5.82 Å². The third kappa shape index (κ3) is 3.15. The monoisotopic (exact) mass is 401 g/mol. The Morgan fingerprint density at radius 2 is 1.97 bits per heavy atom. The quantitative estimate of drug-likeness (QED) is 0.459. The Morgan fingerprint density at radius 1 is 1.03 bits per heavy atom. The topological polar surface area (TPSA) is 92.3 Å². The Hall–Kier alpha value is -3.58. The molecule has 0 unspecified atom stereocenters. The molecular weight excluding hydrogens is 386 g/mol. The van der Waals surface area contributed by atoms with Crippen molar-refractivity contribution in [3.05, 3.63) is 71.5 Å². The van der Waals surface area contributed by atoms with Crippen molar-refractivity contribution in [2.45, 2.75) is 13.5 Å². The molecule has 0 aliphatic rings. The molecule has 0 saturated carbocycles. The number of rotatable bonds is 4. The number of imidazole rings is 1. The van der Waals surface area contributed by atoms with Crippen molar-refractivity contribution in [2.75, 3.05) is 5.32 Å². The first-order valence-electron chi connectivity index (χ1n) is 9.09. The highest BCUT2D eigenvalue weighted by atomic mass is 35.5. The van der Waals surface area contributed by atoms with E-state index in [2.05, 4.69) is 36.3 Å². The summed E-state index contributed by atoms with van der Waals surface area (Å²) in [5, 5.41) is 4.97. The van der Waals surface area contributed by atoms with E-state index in [-0.39, 0.29) is 0 Å². The average molecular weight is 402 g/mol. The SMILES string of the molecule is Cc1ncccc1-c1nc2c(Cl)cccc2cc1CNc1ncnc2[nH]cnc12. The number of H-pyrrole nitrogens is 1. The number of para-hydroxylation sites is 1. The van der Waals surface area contributed by atoms with Crippen molar-refractivity contribution in [3.8, 4) is 11.3 Å². The number of pyridine rings is 2. The van der Waals surface area contributed by atoms with Crippen LogP contribution in [0.2, 0.25) is 5.02 Å². The fraction of sp³-hybridized carbons (Fsp3) is 0.0952. The summed E-state index contributed by atoms with van der Waals surface area (Å²) >= 11 is 6.41. The van der Waals surface area contributed by atoms with E-state index in [4.69, 9.17) is 16.6 Å². The van der Waals surface area contributed by atoms with E-state index in [0.29, 0.717) is 28.5 Å². The second-order valence-electron chi connectivity index (χ2n) is 6.62. The van der Waals surface area contributed by atoms with Crippen molar-refractivity contribution in [1.29, 1.82) is 0 Å². The van der Waals surface area contributed by atoms with E-state index in [1.54, 1.807) is 12.5 Å². The molecule has 0 fully saturated rings. The van der Waals surface area contributed by atoms with Gasteiger partial charge in [0.15, 0.2) is 11.5 Å². The van der Waals surface area contributed by atoms with Gasteiger partial charge in [0.1, 0.15) is 11.8 Å². The van der Waals surface area contributed by atoms with Crippen molar-refractivity contribution >= 4 is 39.5 Å². The van der Waals surface area contributed by atoms with Gasteiger partial charge in [-0.3, -0.25) is 4.98 Å². The van der Waals surface area contributed by atoms with E-state index in [1.807, 2.05) is 37.3 Å². The molecule has 0 aliphatic carbocycles. The van der Waals surface area contributed by atoms with Crippen molar-refractivity contribution < 1.29 is 0 Å². The molecule has 0 radical (unpaired) electrons. The molecule has 5 aromatic rings. The van der Waals surface area contributed by atoms with Crippen LogP contribution in [0.15, 0.2) is 55.2 Å². The third-order valence-corrected chi connectivity index (χ3v) is 5.11. The van der Waals surface area contributed by atoms with Gasteiger partial charge in [-0.25, -0.2) is 19.9 Å². The van der Waals surface area contributed by atoms with Gasteiger partial charge < -0.3 is 10.3 Å². The van der Waals surface area contributed by atoms with Gasteiger partial charge in [0.05, 0.1) is 22.6 Å². The lowest BCUT2D eigenvalue weighted by molar-refractivity contribution is 1.08. The lowest BCUT2D eigenvalue weighted by Gasteiger charge is -2.14. The van der Waals surface area contributed by atoms with Crippen LogP contribution in [0.3, 0.4) is 0 Å². The van der Waals surface area contributed by atoms with Crippen LogP contribution >= 0.6 is 11.6 Å². The van der Waals surface area contributed by atoms with Crippen LogP contribution in [0.25, 0.3) is 33.3 Å². The minimum Gasteiger partial charge on any atom is -0.364 e. The van der Waals surface area contributed by atoms with Gasteiger partial charge in [-0.1, -0.05) is 23.7 Å². The smallest absolute Gasteiger partial charge is 0.162 e. The van der Waals surface area contributed by atoms with Crippen LogP contribution in [-0.2, 0) is 6.54 Å². The Bertz CT molecular complexity index is 1350. The third-order valence-electron chi connectivity index (χ3n) is 4.80. The highest BCUT2D eigenvalue weighted by Gasteiger charge is 2.14. The molecule has 0 spiro atoms. The van der Waals surface area contributed by atoms with Gasteiger partial charge in [-0.15, -0.1) is 0 Å². The van der Waals surface area contributed by atoms with Crippen LogP contribution in [-0.4, -0.2) is 29.9 Å². The maximum Gasteiger partial charge on any atom is 0.162 e. The molecule has 4 aromatic heterocycles. The Kier molecular flexibility index (Phi) is 4.29. The largest absolute Gasteiger partial charge is 0.364 e. The minimum absolute atomic E-state index is 0.512. The van der Waals surface area contributed by atoms with E-state index in [1.165, 1.54) is 6.33 Å². The van der Waals surface area contributed by atoms with E-state index < -0.39 is 0 Å². The molecule has 0 amide bonds. The zero-order valence-electron chi connectivity index (χ0n) is 15.5. The van der Waals surface area contributed by atoms with Gasteiger partial charge in [0.25, 0.3) is 0 Å². The molecule has 4 heterocycles. The van der Waals surface area contributed by atoms with Crippen LogP contribution in [0.5, 0.6) is 0 Å². The fourth-order valence-electron chi connectivity index (χ4n) is 3.38. The number of aryl methyl sites for hydroxylation is 1. The number of aromatic nitrogens is 6. The van der Waals surface area contributed by atoms with Crippen LogP contribution in [0.1, 0.15) is 11.3 Å². The number of aromatic amines is 1. The number of anilines is 1. The first kappa shape index (κ1) is 17.5. The number of hydrogen-bond donors (Lipinski definition) is 2. The first-order valence-corrected chi connectivity index (χ1v) is 9.46. The van der Waals surface area contributed by atoms with E-state index >= 15 is 0 Å². The van der Waals surface area contributed by atoms with E-state index in [0.717, 1.165) is 33.4 Å². The second-order valence-corrected chi connectivity index (χ2v) is 7.03. The van der Waals surface area contributed by atoms with Gasteiger partial charge >= 0.3 is 0 Å². The Morgan fingerprint density at radius 3 is 2.86 bits per heavy atom. The molecule has 0 atom stereocenters. The molecule has 7 nitrogen and oxygen atoms in total. The number of benzene rings is 1. The van der Waals surface area contributed by atoms with E-state index in [9.17, 15) is 0 Å². The van der Waals surface area contributed by atoms with Gasteiger partial charge in [-0.05, 0) is 36.8 Å².